The maximum Gasteiger partial charge on any atom is 0.199 e. The van der Waals surface area contributed by atoms with Crippen molar-refractivity contribution in [2.24, 2.45) is 0 Å². The lowest BCUT2D eigenvalue weighted by atomic mass is 9.79. The van der Waals surface area contributed by atoms with E-state index >= 15 is 4.79 Å². The summed E-state index contributed by atoms with van der Waals surface area (Å²) >= 11 is 0. The van der Waals surface area contributed by atoms with Crippen molar-refractivity contribution in [3.8, 4) is 17.2 Å². The number of ketones is 1. The van der Waals surface area contributed by atoms with E-state index in [1.54, 1.807) is 0 Å². The average molecular weight is 682 g/mol. The first-order chi connectivity index (χ1) is 25.6. The van der Waals surface area contributed by atoms with Crippen LogP contribution in [0.5, 0.6) is 17.2 Å². The molecule has 0 saturated heterocycles. The van der Waals surface area contributed by atoms with Crippen LogP contribution in [0.1, 0.15) is 38.2 Å². The Morgan fingerprint density at radius 1 is 0.481 bits per heavy atom. The van der Waals surface area contributed by atoms with Gasteiger partial charge in [0, 0.05) is 56.6 Å². The fourth-order valence-corrected chi connectivity index (χ4v) is 7.12. The second kappa shape index (κ2) is 13.2. The minimum absolute atomic E-state index is 0.0827. The molecule has 0 radical (unpaired) electrons. The lowest BCUT2D eigenvalue weighted by molar-refractivity contribution is 0.0942. The molecule has 0 spiro atoms. The molecule has 3 N–H and O–H groups in total. The fourth-order valence-electron chi connectivity index (χ4n) is 7.12. The topological polar surface area (TPSA) is 88.4 Å². The molecular weight excluding hydrogens is 647 g/mol. The molecule has 0 unspecified atom stereocenters. The van der Waals surface area contributed by atoms with E-state index in [-0.39, 0.29) is 5.78 Å². The van der Waals surface area contributed by atoms with Crippen molar-refractivity contribution in [2.75, 3.05) is 5.32 Å². The van der Waals surface area contributed by atoms with Crippen molar-refractivity contribution in [3.63, 3.8) is 0 Å². The van der Waals surface area contributed by atoms with Gasteiger partial charge in [-0.15, -0.1) is 0 Å². The van der Waals surface area contributed by atoms with E-state index in [2.05, 4.69) is 15.3 Å². The van der Waals surface area contributed by atoms with Gasteiger partial charge in [-0.05, 0) is 71.3 Å². The highest BCUT2D eigenvalue weighted by Crippen LogP contribution is 2.49. The molecule has 0 fully saturated rings. The van der Waals surface area contributed by atoms with Gasteiger partial charge in [-0.1, -0.05) is 91.0 Å². The van der Waals surface area contributed by atoms with Crippen LogP contribution in [-0.2, 0) is 25.4 Å². The van der Waals surface area contributed by atoms with Gasteiger partial charge in [-0.2, -0.15) is 0 Å². The summed E-state index contributed by atoms with van der Waals surface area (Å²) in [5.74, 6) is 1.96. The molecule has 6 aromatic carbocycles. The molecule has 1 aliphatic rings. The van der Waals surface area contributed by atoms with E-state index in [1.807, 2.05) is 158 Å². The molecule has 254 valence electrons. The summed E-state index contributed by atoms with van der Waals surface area (Å²) < 4.78 is 18.7. The summed E-state index contributed by atoms with van der Waals surface area (Å²) in [5, 5.41) is 5.48. The second-order valence-corrected chi connectivity index (χ2v) is 13.1. The van der Waals surface area contributed by atoms with Gasteiger partial charge < -0.3 is 29.5 Å². The summed E-state index contributed by atoms with van der Waals surface area (Å²) in [6.45, 7) is 1.26. The van der Waals surface area contributed by atoms with Crippen LogP contribution < -0.4 is 19.5 Å². The molecule has 0 aliphatic carbocycles. The lowest BCUT2D eigenvalue weighted by Crippen LogP contribution is -2.39. The molecule has 0 amide bonds. The van der Waals surface area contributed by atoms with Crippen molar-refractivity contribution in [1.29, 1.82) is 0 Å². The normalized spacial score (nSPS) is 13.2. The zero-order valence-corrected chi connectivity index (χ0v) is 28.3. The molecular formula is C45H35N3O4. The minimum Gasteiger partial charge on any atom is -0.489 e. The summed E-state index contributed by atoms with van der Waals surface area (Å²) in [6.07, 6.45) is 3.87. The predicted octanol–water partition coefficient (Wildman–Crippen LogP) is 9.94. The maximum absolute atomic E-state index is 15.2. The molecule has 0 saturated carbocycles. The monoisotopic (exact) mass is 681 g/mol. The Labute approximate surface area is 300 Å². The van der Waals surface area contributed by atoms with Crippen molar-refractivity contribution >= 4 is 33.3 Å². The molecule has 3 heterocycles. The van der Waals surface area contributed by atoms with Crippen LogP contribution in [0.3, 0.4) is 0 Å². The highest BCUT2D eigenvalue weighted by molar-refractivity contribution is 6.19. The van der Waals surface area contributed by atoms with Gasteiger partial charge in [0.1, 0.15) is 37.1 Å². The Bertz CT molecular complexity index is 2400. The number of fused-ring (bicyclic) bond motifs is 3. The SMILES string of the molecule is O=C1c2cc(OCc3ccccc3)ccc2NC1(c1c[nH]c2ccc(OCc3ccccc3)cc12)c1c[nH]c2ccc(OCc3ccccc3)cc12. The number of ether oxygens (including phenoxy) is 3. The van der Waals surface area contributed by atoms with Crippen molar-refractivity contribution in [3.05, 3.63) is 191 Å². The first kappa shape index (κ1) is 31.3. The fraction of sp³-hybridized carbons (Fsp3) is 0.0889. The first-order valence-electron chi connectivity index (χ1n) is 17.3. The molecule has 1 aliphatic heterocycles. The number of hydrogen-bond acceptors (Lipinski definition) is 5. The number of benzene rings is 6. The summed E-state index contributed by atoms with van der Waals surface area (Å²) in [7, 11) is 0. The van der Waals surface area contributed by atoms with Crippen molar-refractivity contribution in [2.45, 2.75) is 25.4 Å². The third kappa shape index (κ3) is 5.72. The molecule has 0 bridgehead atoms. The maximum atomic E-state index is 15.2. The standard InChI is InChI=1S/C45H35N3O4/c49-44-38-24-35(52-29-32-14-8-3-9-15-32)18-21-43(38)48-45(44,39-25-46-41-19-16-33(22-36(39)41)50-27-30-10-4-1-5-11-30)40-26-47-42-20-17-34(23-37(40)42)51-28-31-12-6-2-7-13-31/h1-26,46-48H,27-29H2. The van der Waals surface area contributed by atoms with Crippen molar-refractivity contribution in [1.82, 2.24) is 9.97 Å². The smallest absolute Gasteiger partial charge is 0.199 e. The molecule has 7 heteroatoms. The number of Topliss-reactive ketones (excluding diaryl/α,β-unsaturated/α-hetero) is 1. The Morgan fingerprint density at radius 2 is 0.904 bits per heavy atom. The number of hydrogen-bond donors (Lipinski definition) is 3. The molecule has 9 rings (SSSR count). The van der Waals surface area contributed by atoms with E-state index < -0.39 is 5.54 Å². The van der Waals surface area contributed by atoms with Crippen LogP contribution in [0.4, 0.5) is 5.69 Å². The third-order valence-corrected chi connectivity index (χ3v) is 9.76. The number of aromatic amines is 2. The van der Waals surface area contributed by atoms with E-state index in [0.29, 0.717) is 42.6 Å². The van der Waals surface area contributed by atoms with Crippen LogP contribution in [0.2, 0.25) is 0 Å². The van der Waals surface area contributed by atoms with Gasteiger partial charge in [0.25, 0.3) is 0 Å². The highest BCUT2D eigenvalue weighted by Gasteiger charge is 2.51. The Morgan fingerprint density at radius 3 is 1.37 bits per heavy atom. The van der Waals surface area contributed by atoms with Gasteiger partial charge in [0.05, 0.1) is 0 Å². The number of H-pyrrole nitrogens is 2. The molecule has 8 aromatic rings. The van der Waals surface area contributed by atoms with Crippen molar-refractivity contribution < 1.29 is 19.0 Å². The van der Waals surface area contributed by atoms with Gasteiger partial charge in [0.15, 0.2) is 11.3 Å². The lowest BCUT2D eigenvalue weighted by Gasteiger charge is -2.29. The Balaban J connectivity index is 1.14. The summed E-state index contributed by atoms with van der Waals surface area (Å²) in [4.78, 5) is 22.1. The van der Waals surface area contributed by atoms with Crippen LogP contribution in [0.25, 0.3) is 21.8 Å². The molecule has 2 aromatic heterocycles. The van der Waals surface area contributed by atoms with E-state index in [9.17, 15) is 0 Å². The Hall–Kier alpha value is -6.73. The van der Waals surface area contributed by atoms with Crippen LogP contribution in [0, 0.1) is 0 Å². The number of rotatable bonds is 11. The summed E-state index contributed by atoms with van der Waals surface area (Å²) in [5.41, 5.74) is 6.57. The second-order valence-electron chi connectivity index (χ2n) is 13.1. The van der Waals surface area contributed by atoms with Gasteiger partial charge in [-0.3, -0.25) is 4.79 Å². The minimum atomic E-state index is -1.28. The van der Waals surface area contributed by atoms with Gasteiger partial charge in [-0.25, -0.2) is 0 Å². The predicted molar refractivity (Wildman–Crippen MR) is 204 cm³/mol. The van der Waals surface area contributed by atoms with Crippen LogP contribution in [-0.4, -0.2) is 15.8 Å². The van der Waals surface area contributed by atoms with E-state index in [1.165, 1.54) is 0 Å². The number of carbonyl (C=O) groups is 1. The largest absolute Gasteiger partial charge is 0.489 e. The summed E-state index contributed by atoms with van der Waals surface area (Å²) in [6, 6.07) is 47.8. The number of anilines is 1. The zero-order chi connectivity index (χ0) is 34.9. The van der Waals surface area contributed by atoms with Gasteiger partial charge >= 0.3 is 0 Å². The molecule has 0 atom stereocenters. The van der Waals surface area contributed by atoms with Gasteiger partial charge in [0.2, 0.25) is 0 Å². The average Bonchev–Trinajstić information content (AvgIpc) is 3.90. The highest BCUT2D eigenvalue weighted by atomic mass is 16.5. The zero-order valence-electron chi connectivity index (χ0n) is 28.3. The van der Waals surface area contributed by atoms with E-state index in [4.69, 9.17) is 14.2 Å². The van der Waals surface area contributed by atoms with Crippen LogP contribution in [0.15, 0.2) is 158 Å². The number of carbonyl (C=O) groups excluding carboxylic acids is 1. The quantitative estimate of drug-likeness (QED) is 0.127. The molecule has 52 heavy (non-hydrogen) atoms. The van der Waals surface area contributed by atoms with E-state index in [0.717, 1.165) is 55.3 Å². The van der Waals surface area contributed by atoms with Crippen LogP contribution >= 0.6 is 0 Å². The third-order valence-electron chi connectivity index (χ3n) is 9.76. The molecule has 7 nitrogen and oxygen atoms in total. The number of nitrogens with one attached hydrogen (secondary N) is 3. The number of aromatic nitrogens is 2. The first-order valence-corrected chi connectivity index (χ1v) is 17.3. The Kier molecular flexibility index (Phi) is 7.93.